The summed E-state index contributed by atoms with van der Waals surface area (Å²) in [6.07, 6.45) is 3.18. The standard InChI is InChI=1S/C27H45N3O4/c1-6-7-12-29-26(33)19(2)13-24(31)22(28)15-27(3,4)16-25(32)30-17-20(18-34-5)14-21-10-8-9-11-23(21)30/h8-11,19-20,22,24,31H,6-7,12-18,28H2,1-5H3,(H,29,33)/t19-,20-,22+,24+/m1/s1. The molecule has 192 valence electrons. The van der Waals surface area contributed by atoms with Gasteiger partial charge in [0.15, 0.2) is 0 Å². The number of hydrogen-bond acceptors (Lipinski definition) is 5. The average molecular weight is 476 g/mol. The van der Waals surface area contributed by atoms with E-state index in [1.165, 1.54) is 5.56 Å². The third kappa shape index (κ3) is 8.36. The van der Waals surface area contributed by atoms with Gasteiger partial charge in [-0.1, -0.05) is 52.3 Å². The van der Waals surface area contributed by atoms with E-state index in [4.69, 9.17) is 10.5 Å². The molecule has 0 fully saturated rings. The van der Waals surface area contributed by atoms with Crippen LogP contribution in [0.25, 0.3) is 0 Å². The Morgan fingerprint density at radius 3 is 2.71 bits per heavy atom. The molecule has 0 radical (unpaired) electrons. The van der Waals surface area contributed by atoms with Crippen molar-refractivity contribution in [2.75, 3.05) is 31.7 Å². The van der Waals surface area contributed by atoms with Crippen LogP contribution in [0.15, 0.2) is 24.3 Å². The summed E-state index contributed by atoms with van der Waals surface area (Å²) in [6.45, 7) is 9.83. The molecule has 0 saturated carbocycles. The van der Waals surface area contributed by atoms with Crippen molar-refractivity contribution in [2.45, 2.75) is 78.4 Å². The minimum Gasteiger partial charge on any atom is -0.391 e. The van der Waals surface area contributed by atoms with Gasteiger partial charge in [-0.05, 0) is 42.7 Å². The first-order valence-corrected chi connectivity index (χ1v) is 12.7. The maximum absolute atomic E-state index is 13.4. The summed E-state index contributed by atoms with van der Waals surface area (Å²) in [5.74, 6) is -0.0432. The predicted molar refractivity (Wildman–Crippen MR) is 137 cm³/mol. The molecule has 1 heterocycles. The molecule has 0 aliphatic carbocycles. The summed E-state index contributed by atoms with van der Waals surface area (Å²) >= 11 is 0. The lowest BCUT2D eigenvalue weighted by Gasteiger charge is -2.37. The Hall–Kier alpha value is -1.96. The fourth-order valence-corrected chi connectivity index (χ4v) is 4.82. The van der Waals surface area contributed by atoms with Crippen LogP contribution < -0.4 is 16.0 Å². The summed E-state index contributed by atoms with van der Waals surface area (Å²) in [6, 6.07) is 7.54. The monoisotopic (exact) mass is 475 g/mol. The van der Waals surface area contributed by atoms with E-state index in [0.717, 1.165) is 24.9 Å². The van der Waals surface area contributed by atoms with Crippen LogP contribution in [0.1, 0.15) is 65.4 Å². The van der Waals surface area contributed by atoms with Crippen LogP contribution in [-0.2, 0) is 20.7 Å². The van der Waals surface area contributed by atoms with Gasteiger partial charge in [-0.3, -0.25) is 9.59 Å². The summed E-state index contributed by atoms with van der Waals surface area (Å²) in [7, 11) is 1.69. The summed E-state index contributed by atoms with van der Waals surface area (Å²) < 4.78 is 5.37. The number of aliphatic hydroxyl groups is 1. The van der Waals surface area contributed by atoms with Crippen LogP contribution in [0, 0.1) is 17.3 Å². The van der Waals surface area contributed by atoms with Crippen LogP contribution >= 0.6 is 0 Å². The number of aliphatic hydroxyl groups excluding tert-OH is 1. The van der Waals surface area contributed by atoms with Crippen molar-refractivity contribution in [3.8, 4) is 0 Å². The number of methoxy groups -OCH3 is 1. The number of unbranched alkanes of at least 4 members (excludes halogenated alkanes) is 1. The van der Waals surface area contributed by atoms with Crippen molar-refractivity contribution in [2.24, 2.45) is 23.0 Å². The number of hydrogen-bond donors (Lipinski definition) is 3. The molecule has 4 N–H and O–H groups in total. The molecule has 1 aliphatic heterocycles. The van der Waals surface area contributed by atoms with Crippen molar-refractivity contribution in [3.05, 3.63) is 29.8 Å². The number of carbonyl (C=O) groups is 2. The second-order valence-electron chi connectivity index (χ2n) is 10.7. The van der Waals surface area contributed by atoms with Gasteiger partial charge in [0.1, 0.15) is 0 Å². The molecule has 4 atom stereocenters. The number of fused-ring (bicyclic) bond motifs is 1. The van der Waals surface area contributed by atoms with E-state index in [1.807, 2.05) is 43.9 Å². The normalized spacial score (nSPS) is 18.7. The second-order valence-corrected chi connectivity index (χ2v) is 10.7. The molecule has 34 heavy (non-hydrogen) atoms. The third-order valence-corrected chi connectivity index (χ3v) is 6.72. The molecule has 0 bridgehead atoms. The zero-order valence-corrected chi connectivity index (χ0v) is 21.7. The fraction of sp³-hybridized carbons (Fsp3) is 0.704. The predicted octanol–water partition coefficient (Wildman–Crippen LogP) is 3.28. The van der Waals surface area contributed by atoms with Gasteiger partial charge >= 0.3 is 0 Å². The first-order valence-electron chi connectivity index (χ1n) is 12.7. The van der Waals surface area contributed by atoms with Gasteiger partial charge in [0, 0.05) is 50.2 Å². The number of rotatable bonds is 13. The largest absolute Gasteiger partial charge is 0.391 e. The van der Waals surface area contributed by atoms with E-state index in [2.05, 4.69) is 18.3 Å². The SMILES string of the molecule is CCCCNC(=O)[C@H](C)C[C@H](O)[C@@H](N)CC(C)(C)CC(=O)N1C[C@H](COC)Cc2ccccc21. The second kappa shape index (κ2) is 13.2. The molecule has 7 heteroatoms. The number of carbonyl (C=O) groups excluding carboxylic acids is 2. The minimum absolute atomic E-state index is 0.0523. The van der Waals surface area contributed by atoms with Crippen LogP contribution in [0.4, 0.5) is 5.69 Å². The maximum atomic E-state index is 13.4. The van der Waals surface area contributed by atoms with E-state index in [1.54, 1.807) is 7.11 Å². The Bertz CT molecular complexity index is 798. The zero-order valence-electron chi connectivity index (χ0n) is 21.7. The molecule has 0 unspecified atom stereocenters. The maximum Gasteiger partial charge on any atom is 0.227 e. The Kier molecular flexibility index (Phi) is 11.0. The Morgan fingerprint density at radius 2 is 2.03 bits per heavy atom. The van der Waals surface area contributed by atoms with Crippen molar-refractivity contribution in [3.63, 3.8) is 0 Å². The van der Waals surface area contributed by atoms with E-state index in [9.17, 15) is 14.7 Å². The molecular weight excluding hydrogens is 430 g/mol. The van der Waals surface area contributed by atoms with E-state index < -0.39 is 17.6 Å². The number of nitrogens with two attached hydrogens (primary N) is 1. The van der Waals surface area contributed by atoms with E-state index in [0.29, 0.717) is 39.0 Å². The number of amides is 2. The van der Waals surface area contributed by atoms with Gasteiger partial charge in [-0.25, -0.2) is 0 Å². The van der Waals surface area contributed by atoms with Gasteiger partial charge in [0.25, 0.3) is 0 Å². The zero-order chi connectivity index (χ0) is 25.3. The minimum atomic E-state index is -0.803. The Balaban J connectivity index is 1.95. The fourth-order valence-electron chi connectivity index (χ4n) is 4.82. The van der Waals surface area contributed by atoms with Gasteiger partial charge in [-0.2, -0.15) is 0 Å². The first-order chi connectivity index (χ1) is 16.1. The lowest BCUT2D eigenvalue weighted by molar-refractivity contribution is -0.125. The molecule has 1 aliphatic rings. The lowest BCUT2D eigenvalue weighted by Crippen LogP contribution is -2.45. The molecule has 2 rings (SSSR count). The quantitative estimate of drug-likeness (QED) is 0.380. The highest BCUT2D eigenvalue weighted by Crippen LogP contribution is 2.34. The molecule has 1 aromatic carbocycles. The summed E-state index contributed by atoms with van der Waals surface area (Å²) in [5.41, 5.74) is 8.09. The van der Waals surface area contributed by atoms with Crippen LogP contribution in [0.5, 0.6) is 0 Å². The van der Waals surface area contributed by atoms with Gasteiger partial charge in [0.05, 0.1) is 12.7 Å². The van der Waals surface area contributed by atoms with Crippen molar-refractivity contribution >= 4 is 17.5 Å². The van der Waals surface area contributed by atoms with Crippen molar-refractivity contribution < 1.29 is 19.4 Å². The molecule has 0 spiro atoms. The van der Waals surface area contributed by atoms with Crippen LogP contribution in [-0.4, -0.2) is 55.9 Å². The smallest absolute Gasteiger partial charge is 0.227 e. The molecule has 2 amide bonds. The third-order valence-electron chi connectivity index (χ3n) is 6.72. The lowest BCUT2D eigenvalue weighted by atomic mass is 9.79. The molecule has 0 saturated heterocycles. The van der Waals surface area contributed by atoms with Crippen molar-refractivity contribution in [1.82, 2.24) is 5.32 Å². The van der Waals surface area contributed by atoms with Crippen LogP contribution in [0.3, 0.4) is 0 Å². The highest BCUT2D eigenvalue weighted by atomic mass is 16.5. The number of anilines is 1. The van der Waals surface area contributed by atoms with Gasteiger partial charge in [0.2, 0.25) is 11.8 Å². The van der Waals surface area contributed by atoms with Crippen LogP contribution in [0.2, 0.25) is 0 Å². The molecule has 1 aromatic rings. The number of benzene rings is 1. The average Bonchev–Trinajstić information content (AvgIpc) is 2.78. The number of nitrogens with one attached hydrogen (secondary N) is 1. The van der Waals surface area contributed by atoms with Crippen molar-refractivity contribution in [1.29, 1.82) is 0 Å². The number of para-hydroxylation sites is 1. The molecule has 0 aromatic heterocycles. The summed E-state index contributed by atoms with van der Waals surface area (Å²) in [4.78, 5) is 27.5. The Labute approximate surface area is 205 Å². The Morgan fingerprint density at radius 1 is 1.32 bits per heavy atom. The molecule has 7 nitrogen and oxygen atoms in total. The highest BCUT2D eigenvalue weighted by Gasteiger charge is 2.34. The first kappa shape index (κ1) is 28.3. The topological polar surface area (TPSA) is 105 Å². The molecular formula is C27H45N3O4. The number of nitrogens with zero attached hydrogens (tertiary/aromatic N) is 1. The van der Waals surface area contributed by atoms with Gasteiger partial charge < -0.3 is 25.8 Å². The van der Waals surface area contributed by atoms with E-state index >= 15 is 0 Å². The highest BCUT2D eigenvalue weighted by molar-refractivity contribution is 5.95. The summed E-state index contributed by atoms with van der Waals surface area (Å²) in [5, 5.41) is 13.6. The van der Waals surface area contributed by atoms with E-state index in [-0.39, 0.29) is 23.7 Å². The van der Waals surface area contributed by atoms with Gasteiger partial charge in [-0.15, -0.1) is 0 Å². The number of ether oxygens (including phenoxy) is 1.